The Labute approximate surface area is 138 Å². The minimum Gasteiger partial charge on any atom is -0.388 e. The van der Waals surface area contributed by atoms with Crippen molar-refractivity contribution in [3.05, 3.63) is 71.8 Å². The largest absolute Gasteiger partial charge is 0.388 e. The number of benzene rings is 2. The zero-order chi connectivity index (χ0) is 14.7. The van der Waals surface area contributed by atoms with Gasteiger partial charge in [-0.1, -0.05) is 83.3 Å². The molecule has 0 aromatic heterocycles. The molecule has 2 N–H and O–H groups in total. The van der Waals surface area contributed by atoms with Crippen molar-refractivity contribution in [2.75, 3.05) is 0 Å². The summed E-state index contributed by atoms with van der Waals surface area (Å²) in [5, 5.41) is 13.7. The van der Waals surface area contributed by atoms with E-state index >= 15 is 0 Å². The van der Waals surface area contributed by atoms with Crippen LogP contribution in [-0.4, -0.2) is 15.0 Å². The van der Waals surface area contributed by atoms with Crippen LogP contribution in [0.3, 0.4) is 0 Å². The number of aliphatic imine (C=N–C) groups is 1. The summed E-state index contributed by atoms with van der Waals surface area (Å²) < 4.78 is 0.156. The summed E-state index contributed by atoms with van der Waals surface area (Å²) in [6, 6.07) is 20.2. The van der Waals surface area contributed by atoms with Gasteiger partial charge < -0.3 is 10.4 Å². The summed E-state index contributed by atoms with van der Waals surface area (Å²) in [6.07, 6.45) is 0.00270. The number of nitrogens with zero attached hydrogens (tertiary/aromatic N) is 1. The maximum Gasteiger partial charge on any atom is 0.127 e. The Kier molecular flexibility index (Phi) is 4.55. The Morgan fingerprint density at radius 2 is 1.67 bits per heavy atom. The Bertz CT molecular complexity index is 615. The number of hydrogen-bond donors (Lipinski definition) is 2. The second-order valence-corrected chi connectivity index (χ2v) is 6.39. The maximum atomic E-state index is 10.3. The predicted molar refractivity (Wildman–Crippen MR) is 93.6 cm³/mol. The summed E-state index contributed by atoms with van der Waals surface area (Å²) in [7, 11) is 0. The van der Waals surface area contributed by atoms with E-state index in [0.717, 1.165) is 11.4 Å². The summed E-state index contributed by atoms with van der Waals surface area (Å²) in [4.78, 5) is 4.64. The SMILES string of the molecule is OC(CC1=N[C@@H](I)[C@@H](c2ccccc2)N1)c1ccccc1. The fraction of sp³-hybridized carbons (Fsp3) is 0.235. The van der Waals surface area contributed by atoms with E-state index < -0.39 is 6.10 Å². The highest BCUT2D eigenvalue weighted by Gasteiger charge is 2.28. The van der Waals surface area contributed by atoms with Gasteiger partial charge in [-0.2, -0.15) is 0 Å². The van der Waals surface area contributed by atoms with Crippen molar-refractivity contribution in [1.82, 2.24) is 5.32 Å². The Morgan fingerprint density at radius 1 is 1.05 bits per heavy atom. The average Bonchev–Trinajstić information content (AvgIpc) is 2.89. The zero-order valence-corrected chi connectivity index (χ0v) is 13.6. The first kappa shape index (κ1) is 14.5. The van der Waals surface area contributed by atoms with E-state index in [-0.39, 0.29) is 10.1 Å². The Hall–Kier alpha value is -1.40. The molecule has 0 saturated heterocycles. The van der Waals surface area contributed by atoms with Gasteiger partial charge in [-0.15, -0.1) is 0 Å². The van der Waals surface area contributed by atoms with Crippen LogP contribution in [-0.2, 0) is 0 Å². The van der Waals surface area contributed by atoms with Gasteiger partial charge in [0.25, 0.3) is 0 Å². The molecular formula is C17H17IN2O. The summed E-state index contributed by atoms with van der Waals surface area (Å²) in [6.45, 7) is 0. The van der Waals surface area contributed by atoms with Crippen molar-refractivity contribution in [3.8, 4) is 0 Å². The molecule has 0 saturated carbocycles. The van der Waals surface area contributed by atoms with Crippen LogP contribution in [0.15, 0.2) is 65.7 Å². The van der Waals surface area contributed by atoms with Crippen LogP contribution in [0.4, 0.5) is 0 Å². The fourth-order valence-corrected chi connectivity index (χ4v) is 3.43. The number of hydrogen-bond acceptors (Lipinski definition) is 3. The molecule has 1 aliphatic heterocycles. The standard InChI is InChI=1S/C17H17IN2O/c18-17-16(13-9-5-2-6-10-13)19-15(20-17)11-14(21)12-7-3-1-4-8-12/h1-10,14,16-17,21H,11H2,(H,19,20)/t14?,16-,17-/m1/s1. The van der Waals surface area contributed by atoms with E-state index in [1.54, 1.807) is 0 Å². The van der Waals surface area contributed by atoms with Crippen LogP contribution in [0.1, 0.15) is 29.7 Å². The summed E-state index contributed by atoms with van der Waals surface area (Å²) in [5.74, 6) is 0.875. The molecule has 0 aliphatic carbocycles. The molecule has 3 nitrogen and oxygen atoms in total. The first-order chi connectivity index (χ1) is 10.2. The minimum absolute atomic E-state index is 0.156. The number of aliphatic hydroxyl groups is 1. The molecule has 0 radical (unpaired) electrons. The number of nitrogens with one attached hydrogen (secondary N) is 1. The lowest BCUT2D eigenvalue weighted by Crippen LogP contribution is -2.26. The first-order valence-corrected chi connectivity index (χ1v) is 8.24. The normalized spacial score (nSPS) is 22.5. The van der Waals surface area contributed by atoms with Crippen molar-refractivity contribution >= 4 is 28.4 Å². The van der Waals surface area contributed by atoms with E-state index in [4.69, 9.17) is 0 Å². The van der Waals surface area contributed by atoms with Crippen LogP contribution >= 0.6 is 22.6 Å². The Balaban J connectivity index is 1.67. The van der Waals surface area contributed by atoms with Gasteiger partial charge in [0.15, 0.2) is 0 Å². The van der Waals surface area contributed by atoms with E-state index in [1.165, 1.54) is 5.56 Å². The average molecular weight is 392 g/mol. The van der Waals surface area contributed by atoms with Crippen molar-refractivity contribution in [1.29, 1.82) is 0 Å². The van der Waals surface area contributed by atoms with Gasteiger partial charge in [-0.05, 0) is 11.1 Å². The summed E-state index contributed by atoms with van der Waals surface area (Å²) in [5.41, 5.74) is 2.15. The Morgan fingerprint density at radius 3 is 2.33 bits per heavy atom. The van der Waals surface area contributed by atoms with Crippen molar-refractivity contribution < 1.29 is 5.11 Å². The third-order valence-corrected chi connectivity index (χ3v) is 4.60. The van der Waals surface area contributed by atoms with Gasteiger partial charge in [0, 0.05) is 6.42 Å². The monoisotopic (exact) mass is 392 g/mol. The molecule has 1 heterocycles. The number of aliphatic hydroxyl groups excluding tert-OH is 1. The molecule has 4 heteroatoms. The maximum absolute atomic E-state index is 10.3. The fourth-order valence-electron chi connectivity index (χ4n) is 2.50. The quantitative estimate of drug-likeness (QED) is 0.475. The van der Waals surface area contributed by atoms with Gasteiger partial charge in [0.2, 0.25) is 0 Å². The van der Waals surface area contributed by atoms with Crippen molar-refractivity contribution in [2.24, 2.45) is 4.99 Å². The molecule has 0 amide bonds. The lowest BCUT2D eigenvalue weighted by atomic mass is 10.1. The van der Waals surface area contributed by atoms with Gasteiger partial charge in [-0.3, -0.25) is 4.99 Å². The molecule has 3 atom stereocenters. The van der Waals surface area contributed by atoms with Gasteiger partial charge in [0.1, 0.15) is 9.88 Å². The van der Waals surface area contributed by atoms with Crippen LogP contribution in [0.25, 0.3) is 0 Å². The first-order valence-electron chi connectivity index (χ1n) is 6.99. The van der Waals surface area contributed by atoms with Crippen LogP contribution in [0.5, 0.6) is 0 Å². The van der Waals surface area contributed by atoms with Gasteiger partial charge in [-0.25, -0.2) is 0 Å². The third-order valence-electron chi connectivity index (χ3n) is 3.61. The molecule has 0 fully saturated rings. The number of amidine groups is 1. The van der Waals surface area contributed by atoms with Crippen LogP contribution in [0.2, 0.25) is 0 Å². The molecule has 21 heavy (non-hydrogen) atoms. The van der Waals surface area contributed by atoms with Gasteiger partial charge >= 0.3 is 0 Å². The highest BCUT2D eigenvalue weighted by atomic mass is 127. The number of alkyl halides is 1. The molecule has 0 spiro atoms. The molecule has 1 aliphatic rings. The molecule has 3 rings (SSSR count). The van der Waals surface area contributed by atoms with E-state index in [1.807, 2.05) is 48.5 Å². The molecular weight excluding hydrogens is 375 g/mol. The van der Waals surface area contributed by atoms with Crippen molar-refractivity contribution in [3.63, 3.8) is 0 Å². The lowest BCUT2D eigenvalue weighted by molar-refractivity contribution is 0.185. The van der Waals surface area contributed by atoms with Crippen molar-refractivity contribution in [2.45, 2.75) is 22.6 Å². The van der Waals surface area contributed by atoms with E-state index in [0.29, 0.717) is 6.42 Å². The third kappa shape index (κ3) is 3.44. The number of rotatable bonds is 4. The molecule has 1 unspecified atom stereocenters. The van der Waals surface area contributed by atoms with E-state index in [9.17, 15) is 5.11 Å². The topological polar surface area (TPSA) is 44.6 Å². The molecule has 108 valence electrons. The zero-order valence-electron chi connectivity index (χ0n) is 11.5. The minimum atomic E-state index is -0.518. The van der Waals surface area contributed by atoms with Gasteiger partial charge in [0.05, 0.1) is 12.1 Å². The van der Waals surface area contributed by atoms with Crippen LogP contribution < -0.4 is 5.32 Å². The second-order valence-electron chi connectivity index (χ2n) is 5.11. The second kappa shape index (κ2) is 6.58. The predicted octanol–water partition coefficient (Wildman–Crippen LogP) is 3.61. The smallest absolute Gasteiger partial charge is 0.127 e. The highest BCUT2D eigenvalue weighted by molar-refractivity contribution is 14.1. The van der Waals surface area contributed by atoms with E-state index in [2.05, 4.69) is 45.0 Å². The highest BCUT2D eigenvalue weighted by Crippen LogP contribution is 2.30. The van der Waals surface area contributed by atoms with Crippen LogP contribution in [0, 0.1) is 0 Å². The summed E-state index contributed by atoms with van der Waals surface area (Å²) >= 11 is 2.34. The molecule has 2 aromatic carbocycles. The molecule has 2 aromatic rings. The lowest BCUT2D eigenvalue weighted by Gasteiger charge is -2.16. The number of halogens is 1. The molecule has 0 bridgehead atoms.